The fourth-order valence-corrected chi connectivity index (χ4v) is 1.03. The third kappa shape index (κ3) is 2.31. The third-order valence-electron chi connectivity index (χ3n) is 1.57. The molecule has 2 nitrogen and oxygen atoms in total. The van der Waals surface area contributed by atoms with Gasteiger partial charge in [0.1, 0.15) is 0 Å². The zero-order valence-corrected chi connectivity index (χ0v) is 7.17. The Kier molecular flexibility index (Phi) is 2.75. The molecule has 0 aliphatic heterocycles. The number of pyridine rings is 1. The van der Waals surface area contributed by atoms with Crippen molar-refractivity contribution >= 4 is 6.21 Å². The van der Waals surface area contributed by atoms with Gasteiger partial charge in [-0.1, -0.05) is 12.6 Å². The Bertz CT molecular complexity index is 302. The minimum absolute atomic E-state index is 0.720. The minimum atomic E-state index is 0.720. The molecule has 62 valence electrons. The summed E-state index contributed by atoms with van der Waals surface area (Å²) in [5, 5.41) is 6.97. The predicted octanol–water partition coefficient (Wildman–Crippen LogP) is 2.14. The Morgan fingerprint density at radius 3 is 3.00 bits per heavy atom. The number of aromatic nitrogens is 1. The first-order chi connectivity index (χ1) is 5.72. The normalized spacial score (nSPS) is 9.42. The largest absolute Gasteiger partial charge is 0.308 e. The summed E-state index contributed by atoms with van der Waals surface area (Å²) in [4.78, 5) is 4.06. The van der Waals surface area contributed by atoms with E-state index < -0.39 is 0 Å². The molecule has 0 bridgehead atoms. The molecule has 0 aliphatic carbocycles. The van der Waals surface area contributed by atoms with Crippen LogP contribution in [0.2, 0.25) is 0 Å². The van der Waals surface area contributed by atoms with Gasteiger partial charge >= 0.3 is 0 Å². The molecule has 2 heteroatoms. The SMILES string of the molecule is C=C(C=N)Cc1cncc(C)c1. The molecule has 12 heavy (non-hydrogen) atoms. The maximum absolute atomic E-state index is 6.97. The van der Waals surface area contributed by atoms with Crippen LogP contribution in [0.25, 0.3) is 0 Å². The van der Waals surface area contributed by atoms with Crippen molar-refractivity contribution in [2.24, 2.45) is 0 Å². The molecule has 0 unspecified atom stereocenters. The second-order valence-corrected chi connectivity index (χ2v) is 2.85. The van der Waals surface area contributed by atoms with Crippen molar-refractivity contribution in [1.82, 2.24) is 4.98 Å². The molecule has 0 saturated carbocycles. The van der Waals surface area contributed by atoms with Crippen LogP contribution in [-0.4, -0.2) is 11.2 Å². The highest BCUT2D eigenvalue weighted by atomic mass is 14.6. The smallest absolute Gasteiger partial charge is 0.0303 e. The summed E-state index contributed by atoms with van der Waals surface area (Å²) in [6, 6.07) is 2.06. The lowest BCUT2D eigenvalue weighted by Gasteiger charge is -1.99. The quantitative estimate of drug-likeness (QED) is 0.676. The van der Waals surface area contributed by atoms with Crippen LogP contribution in [0.4, 0.5) is 0 Å². The maximum atomic E-state index is 6.97. The van der Waals surface area contributed by atoms with Gasteiger partial charge in [-0.05, 0) is 30.0 Å². The van der Waals surface area contributed by atoms with E-state index in [0.717, 1.165) is 23.1 Å². The number of rotatable bonds is 3. The van der Waals surface area contributed by atoms with Crippen LogP contribution in [0, 0.1) is 12.3 Å². The molecule has 0 amide bonds. The summed E-state index contributed by atoms with van der Waals surface area (Å²) in [5.41, 5.74) is 3.07. The summed E-state index contributed by atoms with van der Waals surface area (Å²) >= 11 is 0. The first kappa shape index (κ1) is 8.65. The molecule has 1 rings (SSSR count). The maximum Gasteiger partial charge on any atom is 0.0303 e. The van der Waals surface area contributed by atoms with E-state index in [2.05, 4.69) is 17.6 Å². The first-order valence-corrected chi connectivity index (χ1v) is 3.81. The van der Waals surface area contributed by atoms with Crippen LogP contribution in [0.5, 0.6) is 0 Å². The van der Waals surface area contributed by atoms with Crippen molar-refractivity contribution in [3.05, 3.63) is 41.7 Å². The molecule has 0 radical (unpaired) electrons. The molecular weight excluding hydrogens is 148 g/mol. The van der Waals surface area contributed by atoms with Crippen molar-refractivity contribution in [3.8, 4) is 0 Å². The van der Waals surface area contributed by atoms with Gasteiger partial charge in [0.15, 0.2) is 0 Å². The van der Waals surface area contributed by atoms with Gasteiger partial charge in [0.2, 0.25) is 0 Å². The Labute approximate surface area is 72.5 Å². The zero-order valence-electron chi connectivity index (χ0n) is 7.17. The Morgan fingerprint density at radius 2 is 2.42 bits per heavy atom. The number of nitrogens with one attached hydrogen (secondary N) is 1. The van der Waals surface area contributed by atoms with E-state index in [4.69, 9.17) is 5.41 Å². The van der Waals surface area contributed by atoms with Crippen molar-refractivity contribution in [2.75, 3.05) is 0 Å². The number of allylic oxidation sites excluding steroid dienone is 1. The van der Waals surface area contributed by atoms with E-state index in [0.29, 0.717) is 0 Å². The molecule has 1 aromatic heterocycles. The molecule has 0 fully saturated rings. The molecule has 0 aliphatic rings. The standard InChI is InChI=1S/C10H12N2/c1-8(5-11)3-10-4-9(2)6-12-7-10/h4-7,11H,1,3H2,2H3. The van der Waals surface area contributed by atoms with E-state index in [9.17, 15) is 0 Å². The van der Waals surface area contributed by atoms with Crippen LogP contribution in [-0.2, 0) is 6.42 Å². The fraction of sp³-hybridized carbons (Fsp3) is 0.200. The molecular formula is C10H12N2. The first-order valence-electron chi connectivity index (χ1n) is 3.81. The van der Waals surface area contributed by atoms with E-state index in [1.807, 2.05) is 19.3 Å². The number of nitrogens with zero attached hydrogens (tertiary/aromatic N) is 1. The Hall–Kier alpha value is -1.44. The number of aryl methyl sites for hydroxylation is 1. The van der Waals surface area contributed by atoms with Gasteiger partial charge in [0, 0.05) is 18.6 Å². The molecule has 0 saturated heterocycles. The fourth-order valence-electron chi connectivity index (χ4n) is 1.03. The van der Waals surface area contributed by atoms with Gasteiger partial charge in [0.05, 0.1) is 0 Å². The lowest BCUT2D eigenvalue weighted by molar-refractivity contribution is 1.14. The van der Waals surface area contributed by atoms with Gasteiger partial charge in [-0.25, -0.2) is 0 Å². The molecule has 1 heterocycles. The highest BCUT2D eigenvalue weighted by Crippen LogP contribution is 2.05. The van der Waals surface area contributed by atoms with E-state index in [1.54, 1.807) is 0 Å². The van der Waals surface area contributed by atoms with E-state index >= 15 is 0 Å². The lowest BCUT2D eigenvalue weighted by atomic mass is 10.1. The van der Waals surface area contributed by atoms with Crippen LogP contribution < -0.4 is 0 Å². The highest BCUT2D eigenvalue weighted by molar-refractivity contribution is 5.75. The van der Waals surface area contributed by atoms with Gasteiger partial charge in [-0.3, -0.25) is 4.98 Å². The summed E-state index contributed by atoms with van der Waals surface area (Å²) in [6.45, 7) is 5.73. The molecule has 0 atom stereocenters. The molecule has 0 spiro atoms. The van der Waals surface area contributed by atoms with Crippen LogP contribution in [0.15, 0.2) is 30.6 Å². The summed E-state index contributed by atoms with van der Waals surface area (Å²) in [7, 11) is 0. The van der Waals surface area contributed by atoms with Crippen LogP contribution in [0.1, 0.15) is 11.1 Å². The molecule has 1 aromatic rings. The Balaban J connectivity index is 2.76. The van der Waals surface area contributed by atoms with Crippen molar-refractivity contribution in [3.63, 3.8) is 0 Å². The van der Waals surface area contributed by atoms with E-state index in [-0.39, 0.29) is 0 Å². The summed E-state index contributed by atoms with van der Waals surface area (Å²) in [6.07, 6.45) is 5.62. The van der Waals surface area contributed by atoms with Crippen molar-refractivity contribution < 1.29 is 0 Å². The lowest BCUT2D eigenvalue weighted by Crippen LogP contribution is -1.91. The van der Waals surface area contributed by atoms with E-state index in [1.165, 1.54) is 6.21 Å². The molecule has 0 aromatic carbocycles. The van der Waals surface area contributed by atoms with Crippen molar-refractivity contribution in [1.29, 1.82) is 5.41 Å². The second-order valence-electron chi connectivity index (χ2n) is 2.85. The topological polar surface area (TPSA) is 36.7 Å². The average molecular weight is 160 g/mol. The zero-order chi connectivity index (χ0) is 8.97. The monoisotopic (exact) mass is 160 g/mol. The van der Waals surface area contributed by atoms with Crippen LogP contribution >= 0.6 is 0 Å². The summed E-state index contributed by atoms with van der Waals surface area (Å²) < 4.78 is 0. The van der Waals surface area contributed by atoms with Gasteiger partial charge in [0.25, 0.3) is 0 Å². The minimum Gasteiger partial charge on any atom is -0.308 e. The Morgan fingerprint density at radius 1 is 1.67 bits per heavy atom. The van der Waals surface area contributed by atoms with Crippen molar-refractivity contribution in [2.45, 2.75) is 13.3 Å². The molecule has 1 N–H and O–H groups in total. The van der Waals surface area contributed by atoms with Crippen LogP contribution in [0.3, 0.4) is 0 Å². The predicted molar refractivity (Wildman–Crippen MR) is 50.6 cm³/mol. The third-order valence-corrected chi connectivity index (χ3v) is 1.57. The summed E-state index contributed by atoms with van der Waals surface area (Å²) in [5.74, 6) is 0. The average Bonchev–Trinajstić information content (AvgIpc) is 2.04. The second kappa shape index (κ2) is 3.81. The number of hydrogen-bond donors (Lipinski definition) is 1. The van der Waals surface area contributed by atoms with Gasteiger partial charge < -0.3 is 5.41 Å². The highest BCUT2D eigenvalue weighted by Gasteiger charge is 1.94. The number of hydrogen-bond acceptors (Lipinski definition) is 2. The van der Waals surface area contributed by atoms with Gasteiger partial charge in [-0.2, -0.15) is 0 Å². The van der Waals surface area contributed by atoms with Gasteiger partial charge in [-0.15, -0.1) is 0 Å².